The third kappa shape index (κ3) is 3.01. The quantitative estimate of drug-likeness (QED) is 0.691. The summed E-state index contributed by atoms with van der Waals surface area (Å²) in [6, 6.07) is 18.1. The minimum atomic E-state index is 0.724. The van der Waals surface area contributed by atoms with Crippen molar-refractivity contribution in [2.45, 2.75) is 19.8 Å². The molecule has 0 radical (unpaired) electrons. The van der Waals surface area contributed by atoms with Crippen LogP contribution in [-0.4, -0.2) is 9.97 Å². The van der Waals surface area contributed by atoms with Crippen LogP contribution in [0.4, 0.5) is 0 Å². The first-order chi connectivity index (χ1) is 10.3. The first-order valence-corrected chi connectivity index (χ1v) is 7.56. The molecule has 1 N–H and O–H groups in total. The molecule has 0 amide bonds. The van der Waals surface area contributed by atoms with Crippen LogP contribution in [0, 0.1) is 0 Å². The van der Waals surface area contributed by atoms with Crippen LogP contribution in [0.5, 0.6) is 0 Å². The molecule has 0 spiro atoms. The molecular weight excluding hydrogens is 280 g/mol. The summed E-state index contributed by atoms with van der Waals surface area (Å²) in [5.41, 5.74) is 4.40. The Labute approximate surface area is 129 Å². The van der Waals surface area contributed by atoms with E-state index in [0.717, 1.165) is 40.6 Å². The molecule has 21 heavy (non-hydrogen) atoms. The maximum atomic E-state index is 6.08. The Kier molecular flexibility index (Phi) is 4.07. The van der Waals surface area contributed by atoms with Crippen molar-refractivity contribution in [3.05, 3.63) is 65.3 Å². The van der Waals surface area contributed by atoms with Gasteiger partial charge in [-0.2, -0.15) is 0 Å². The SMILES string of the molecule is CCCc1nc(-c2cccc(Cl)c2)[nH]c1-c1ccccc1. The van der Waals surface area contributed by atoms with E-state index in [2.05, 4.69) is 24.0 Å². The van der Waals surface area contributed by atoms with Crippen molar-refractivity contribution in [2.75, 3.05) is 0 Å². The van der Waals surface area contributed by atoms with Gasteiger partial charge in [0, 0.05) is 10.6 Å². The summed E-state index contributed by atoms with van der Waals surface area (Å²) < 4.78 is 0. The van der Waals surface area contributed by atoms with Gasteiger partial charge in [0.25, 0.3) is 0 Å². The van der Waals surface area contributed by atoms with Crippen molar-refractivity contribution < 1.29 is 0 Å². The van der Waals surface area contributed by atoms with Crippen LogP contribution in [0.2, 0.25) is 5.02 Å². The van der Waals surface area contributed by atoms with Gasteiger partial charge >= 0.3 is 0 Å². The lowest BCUT2D eigenvalue weighted by atomic mass is 10.1. The lowest BCUT2D eigenvalue weighted by molar-refractivity contribution is 0.895. The van der Waals surface area contributed by atoms with Crippen LogP contribution < -0.4 is 0 Å². The lowest BCUT2D eigenvalue weighted by Crippen LogP contribution is -1.87. The number of benzene rings is 2. The highest BCUT2D eigenvalue weighted by molar-refractivity contribution is 6.30. The Morgan fingerprint density at radius 3 is 2.48 bits per heavy atom. The van der Waals surface area contributed by atoms with Gasteiger partial charge in [0.1, 0.15) is 5.82 Å². The smallest absolute Gasteiger partial charge is 0.138 e. The molecule has 0 unspecified atom stereocenters. The van der Waals surface area contributed by atoms with Crippen molar-refractivity contribution in [2.24, 2.45) is 0 Å². The number of aromatic amines is 1. The van der Waals surface area contributed by atoms with Gasteiger partial charge in [0.2, 0.25) is 0 Å². The second-order valence-corrected chi connectivity index (χ2v) is 5.47. The van der Waals surface area contributed by atoms with Crippen LogP contribution in [0.15, 0.2) is 54.6 Å². The predicted molar refractivity (Wildman–Crippen MR) is 88.5 cm³/mol. The molecule has 1 heterocycles. The van der Waals surface area contributed by atoms with E-state index in [1.807, 2.05) is 42.5 Å². The number of hydrogen-bond acceptors (Lipinski definition) is 1. The van der Waals surface area contributed by atoms with Crippen LogP contribution >= 0.6 is 11.6 Å². The molecule has 0 bridgehead atoms. The fraction of sp³-hybridized carbons (Fsp3) is 0.167. The Morgan fingerprint density at radius 1 is 1.00 bits per heavy atom. The van der Waals surface area contributed by atoms with Gasteiger partial charge in [-0.1, -0.05) is 67.4 Å². The standard InChI is InChI=1S/C18H17ClN2/c1-2-7-16-17(13-8-4-3-5-9-13)21-18(20-16)14-10-6-11-15(19)12-14/h3-6,8-12H,2,7H2,1H3,(H,20,21). The summed E-state index contributed by atoms with van der Waals surface area (Å²) in [7, 11) is 0. The highest BCUT2D eigenvalue weighted by Crippen LogP contribution is 2.27. The summed E-state index contributed by atoms with van der Waals surface area (Å²) >= 11 is 6.08. The number of halogens is 1. The number of imidazole rings is 1. The summed E-state index contributed by atoms with van der Waals surface area (Å²) in [6.45, 7) is 2.17. The molecule has 0 fully saturated rings. The Morgan fingerprint density at radius 2 is 1.76 bits per heavy atom. The van der Waals surface area contributed by atoms with Crippen LogP contribution in [0.1, 0.15) is 19.0 Å². The summed E-state index contributed by atoms with van der Waals surface area (Å²) in [5.74, 6) is 0.875. The Bertz CT molecular complexity index is 732. The predicted octanol–water partition coefficient (Wildman–Crippen LogP) is 5.35. The molecule has 0 saturated heterocycles. The molecule has 2 nitrogen and oxygen atoms in total. The lowest BCUT2D eigenvalue weighted by Gasteiger charge is -2.00. The number of aromatic nitrogens is 2. The molecule has 0 saturated carbocycles. The van der Waals surface area contributed by atoms with Gasteiger partial charge in [0.05, 0.1) is 11.4 Å². The van der Waals surface area contributed by atoms with Gasteiger partial charge < -0.3 is 4.98 Å². The van der Waals surface area contributed by atoms with Gasteiger partial charge in [-0.05, 0) is 24.1 Å². The second-order valence-electron chi connectivity index (χ2n) is 5.03. The molecule has 3 rings (SSSR count). The van der Waals surface area contributed by atoms with Crippen LogP contribution in [0.25, 0.3) is 22.6 Å². The average molecular weight is 297 g/mol. The van der Waals surface area contributed by atoms with Crippen molar-refractivity contribution >= 4 is 11.6 Å². The summed E-state index contributed by atoms with van der Waals surface area (Å²) in [4.78, 5) is 8.23. The molecule has 1 aromatic heterocycles. The molecule has 0 atom stereocenters. The Hall–Kier alpha value is -2.06. The Balaban J connectivity index is 2.08. The molecule has 0 aliphatic rings. The minimum absolute atomic E-state index is 0.724. The summed E-state index contributed by atoms with van der Waals surface area (Å²) in [6.07, 6.45) is 2.03. The third-order valence-corrected chi connectivity index (χ3v) is 3.66. The zero-order chi connectivity index (χ0) is 14.7. The van der Waals surface area contributed by atoms with Crippen molar-refractivity contribution in [3.8, 4) is 22.6 Å². The van der Waals surface area contributed by atoms with Crippen molar-refractivity contribution in [1.82, 2.24) is 9.97 Å². The fourth-order valence-corrected chi connectivity index (χ4v) is 2.63. The normalized spacial score (nSPS) is 10.8. The zero-order valence-corrected chi connectivity index (χ0v) is 12.7. The van der Waals surface area contributed by atoms with Gasteiger partial charge in [-0.3, -0.25) is 0 Å². The molecule has 0 aliphatic carbocycles. The van der Waals surface area contributed by atoms with E-state index >= 15 is 0 Å². The van der Waals surface area contributed by atoms with E-state index in [0.29, 0.717) is 0 Å². The maximum absolute atomic E-state index is 6.08. The zero-order valence-electron chi connectivity index (χ0n) is 11.9. The van der Waals surface area contributed by atoms with Crippen molar-refractivity contribution in [1.29, 1.82) is 0 Å². The fourth-order valence-electron chi connectivity index (χ4n) is 2.44. The third-order valence-electron chi connectivity index (χ3n) is 3.43. The maximum Gasteiger partial charge on any atom is 0.138 e. The topological polar surface area (TPSA) is 28.7 Å². The van der Waals surface area contributed by atoms with Crippen LogP contribution in [-0.2, 0) is 6.42 Å². The highest BCUT2D eigenvalue weighted by atomic mass is 35.5. The van der Waals surface area contributed by atoms with Crippen molar-refractivity contribution in [3.63, 3.8) is 0 Å². The first-order valence-electron chi connectivity index (χ1n) is 7.18. The average Bonchev–Trinajstić information content (AvgIpc) is 2.93. The van der Waals surface area contributed by atoms with Crippen LogP contribution in [0.3, 0.4) is 0 Å². The molecule has 3 aromatic rings. The van der Waals surface area contributed by atoms with E-state index in [1.165, 1.54) is 5.56 Å². The molecule has 0 aliphatic heterocycles. The molecule has 2 aromatic carbocycles. The molecular formula is C18H17ClN2. The van der Waals surface area contributed by atoms with E-state index < -0.39 is 0 Å². The largest absolute Gasteiger partial charge is 0.338 e. The van der Waals surface area contributed by atoms with E-state index in [9.17, 15) is 0 Å². The summed E-state index contributed by atoms with van der Waals surface area (Å²) in [5, 5.41) is 0.724. The number of nitrogens with one attached hydrogen (secondary N) is 1. The first kappa shape index (κ1) is 13.9. The number of rotatable bonds is 4. The number of hydrogen-bond donors (Lipinski definition) is 1. The van der Waals surface area contributed by atoms with E-state index in [4.69, 9.17) is 16.6 Å². The van der Waals surface area contributed by atoms with E-state index in [1.54, 1.807) is 0 Å². The van der Waals surface area contributed by atoms with E-state index in [-0.39, 0.29) is 0 Å². The van der Waals surface area contributed by atoms with Gasteiger partial charge in [-0.25, -0.2) is 4.98 Å². The number of H-pyrrole nitrogens is 1. The van der Waals surface area contributed by atoms with Gasteiger partial charge in [-0.15, -0.1) is 0 Å². The minimum Gasteiger partial charge on any atom is -0.338 e. The molecule has 3 heteroatoms. The monoisotopic (exact) mass is 296 g/mol. The molecule has 106 valence electrons. The highest BCUT2D eigenvalue weighted by Gasteiger charge is 2.12. The van der Waals surface area contributed by atoms with Gasteiger partial charge in [0.15, 0.2) is 0 Å². The number of aryl methyl sites for hydroxylation is 1. The number of nitrogens with zero attached hydrogens (tertiary/aromatic N) is 1. The second kappa shape index (κ2) is 6.15.